The topological polar surface area (TPSA) is 95.4 Å². The first-order chi connectivity index (χ1) is 10.9. The van der Waals surface area contributed by atoms with E-state index >= 15 is 0 Å². The Bertz CT molecular complexity index is 850. The quantitative estimate of drug-likeness (QED) is 0.914. The Kier molecular flexibility index (Phi) is 3.62. The van der Waals surface area contributed by atoms with Crippen molar-refractivity contribution in [2.45, 2.75) is 18.9 Å². The molecule has 0 spiro atoms. The van der Waals surface area contributed by atoms with Crippen molar-refractivity contribution in [3.05, 3.63) is 40.9 Å². The molecule has 1 aromatic heterocycles. The molecule has 0 bridgehead atoms. The van der Waals surface area contributed by atoms with Crippen LogP contribution in [0.2, 0.25) is 0 Å². The Labute approximate surface area is 137 Å². The molecule has 1 aliphatic rings. The number of thiazole rings is 1. The van der Waals surface area contributed by atoms with Crippen molar-refractivity contribution in [3.8, 4) is 16.6 Å². The third-order valence-electron chi connectivity index (χ3n) is 3.85. The summed E-state index contributed by atoms with van der Waals surface area (Å²) < 4.78 is 0. The lowest BCUT2D eigenvalue weighted by Crippen LogP contribution is -2.47. The summed E-state index contributed by atoms with van der Waals surface area (Å²) in [6.07, 6.45) is 1.98. The average Bonchev–Trinajstić information content (AvgIpc) is 3.03. The highest BCUT2D eigenvalue weighted by atomic mass is 32.1. The molecule has 2 heterocycles. The summed E-state index contributed by atoms with van der Waals surface area (Å²) >= 11 is 1.46. The van der Waals surface area contributed by atoms with Crippen LogP contribution in [0.4, 0.5) is 0 Å². The molecule has 1 unspecified atom stereocenters. The van der Waals surface area contributed by atoms with Crippen molar-refractivity contribution in [2.75, 3.05) is 7.05 Å². The van der Waals surface area contributed by atoms with Crippen molar-refractivity contribution in [1.82, 2.24) is 9.88 Å². The lowest BCUT2D eigenvalue weighted by atomic mass is 9.95. The number of aromatic nitrogens is 1. The first-order valence-electron chi connectivity index (χ1n) is 7.02. The van der Waals surface area contributed by atoms with E-state index in [1.165, 1.54) is 16.2 Å². The second kappa shape index (κ2) is 5.48. The van der Waals surface area contributed by atoms with Crippen molar-refractivity contribution >= 4 is 23.2 Å². The Morgan fingerprint density at radius 3 is 2.96 bits per heavy atom. The van der Waals surface area contributed by atoms with Gasteiger partial charge in [0, 0.05) is 18.8 Å². The van der Waals surface area contributed by atoms with Crippen molar-refractivity contribution in [3.63, 3.8) is 0 Å². The predicted octanol–water partition coefficient (Wildman–Crippen LogP) is 2.07. The molecule has 6 nitrogen and oxygen atoms in total. The van der Waals surface area contributed by atoms with Gasteiger partial charge in [-0.3, -0.25) is 9.69 Å². The molecule has 2 N–H and O–H groups in total. The van der Waals surface area contributed by atoms with E-state index in [1.807, 2.05) is 19.1 Å². The molecule has 1 atom stereocenters. The minimum absolute atomic E-state index is 0.0681. The molecule has 23 heavy (non-hydrogen) atoms. The summed E-state index contributed by atoms with van der Waals surface area (Å²) in [5.74, 6) is 0.145. The molecule has 116 valence electrons. The number of rotatable bonds is 2. The molecule has 1 amide bonds. The standard InChI is InChI=1S/C16H15N5OS/c1-16(7-13(22)21(2)15(18)20-16)12-9-19-14(23-12)11-5-3-4-10(6-11)8-17/h3-6,9H,7H2,1-2H3,(H2,18,20). The maximum atomic E-state index is 12.1. The monoisotopic (exact) mass is 325 g/mol. The summed E-state index contributed by atoms with van der Waals surface area (Å²) in [4.78, 5) is 23.2. The maximum absolute atomic E-state index is 12.1. The van der Waals surface area contributed by atoms with E-state index in [1.54, 1.807) is 25.4 Å². The van der Waals surface area contributed by atoms with Crippen LogP contribution in [-0.4, -0.2) is 28.8 Å². The summed E-state index contributed by atoms with van der Waals surface area (Å²) in [5, 5.41) is 9.79. The van der Waals surface area contributed by atoms with E-state index in [4.69, 9.17) is 11.0 Å². The highest BCUT2D eigenvalue weighted by Gasteiger charge is 2.37. The Morgan fingerprint density at radius 2 is 2.26 bits per heavy atom. The van der Waals surface area contributed by atoms with Crippen LogP contribution in [0, 0.1) is 11.3 Å². The van der Waals surface area contributed by atoms with Gasteiger partial charge in [-0.15, -0.1) is 11.3 Å². The third-order valence-corrected chi connectivity index (χ3v) is 5.15. The summed E-state index contributed by atoms with van der Waals surface area (Å²) in [7, 11) is 1.62. The number of carbonyl (C=O) groups is 1. The van der Waals surface area contributed by atoms with Crippen LogP contribution in [0.25, 0.3) is 10.6 Å². The zero-order chi connectivity index (χ0) is 16.6. The van der Waals surface area contributed by atoms with E-state index in [2.05, 4.69) is 16.0 Å². The fourth-order valence-corrected chi connectivity index (χ4v) is 3.43. The van der Waals surface area contributed by atoms with Crippen LogP contribution in [-0.2, 0) is 10.3 Å². The Balaban J connectivity index is 1.99. The molecule has 0 fully saturated rings. The zero-order valence-electron chi connectivity index (χ0n) is 12.8. The van der Waals surface area contributed by atoms with Gasteiger partial charge in [-0.2, -0.15) is 5.26 Å². The van der Waals surface area contributed by atoms with Crippen LogP contribution >= 0.6 is 11.3 Å². The number of amides is 1. The molecule has 1 aliphatic heterocycles. The van der Waals surface area contributed by atoms with Gasteiger partial charge in [0.1, 0.15) is 10.5 Å². The largest absolute Gasteiger partial charge is 0.369 e. The number of hydrogen-bond acceptors (Lipinski definition) is 6. The predicted molar refractivity (Wildman–Crippen MR) is 88.6 cm³/mol. The number of hydrogen-bond donors (Lipinski definition) is 1. The van der Waals surface area contributed by atoms with Crippen LogP contribution in [0.15, 0.2) is 35.5 Å². The van der Waals surface area contributed by atoms with Crippen LogP contribution < -0.4 is 5.73 Å². The molecular formula is C16H15N5OS. The second-order valence-electron chi connectivity index (χ2n) is 5.60. The number of nitriles is 1. The van der Waals surface area contributed by atoms with Gasteiger partial charge in [-0.05, 0) is 19.1 Å². The first-order valence-corrected chi connectivity index (χ1v) is 7.83. The van der Waals surface area contributed by atoms with Gasteiger partial charge in [0.2, 0.25) is 5.91 Å². The fraction of sp³-hybridized carbons (Fsp3) is 0.250. The lowest BCUT2D eigenvalue weighted by molar-refractivity contribution is -0.128. The molecule has 0 saturated heterocycles. The van der Waals surface area contributed by atoms with Gasteiger partial charge in [0.05, 0.1) is 22.9 Å². The molecule has 7 heteroatoms. The van der Waals surface area contributed by atoms with E-state index in [-0.39, 0.29) is 18.3 Å². The number of guanidine groups is 1. The number of aliphatic imine (C=N–C) groups is 1. The maximum Gasteiger partial charge on any atom is 0.231 e. The van der Waals surface area contributed by atoms with Gasteiger partial charge in [-0.25, -0.2) is 9.98 Å². The lowest BCUT2D eigenvalue weighted by Gasteiger charge is -2.32. The smallest absolute Gasteiger partial charge is 0.231 e. The SMILES string of the molecule is CN1C(=O)CC(C)(c2cnc(-c3cccc(C#N)c3)s2)N=C1N. The molecular weight excluding hydrogens is 310 g/mol. The molecule has 0 radical (unpaired) electrons. The molecule has 0 saturated carbocycles. The van der Waals surface area contributed by atoms with Crippen molar-refractivity contribution in [1.29, 1.82) is 5.26 Å². The van der Waals surface area contributed by atoms with Gasteiger partial charge < -0.3 is 5.73 Å². The van der Waals surface area contributed by atoms with Gasteiger partial charge in [0.25, 0.3) is 0 Å². The zero-order valence-corrected chi connectivity index (χ0v) is 13.6. The Hall–Kier alpha value is -2.72. The van der Waals surface area contributed by atoms with Crippen LogP contribution in [0.5, 0.6) is 0 Å². The van der Waals surface area contributed by atoms with Gasteiger partial charge >= 0.3 is 0 Å². The van der Waals surface area contributed by atoms with Gasteiger partial charge in [0.15, 0.2) is 5.96 Å². The van der Waals surface area contributed by atoms with Crippen LogP contribution in [0.3, 0.4) is 0 Å². The minimum Gasteiger partial charge on any atom is -0.369 e. The first kappa shape index (κ1) is 15.2. The van der Waals surface area contributed by atoms with Crippen molar-refractivity contribution < 1.29 is 4.79 Å². The molecule has 1 aromatic carbocycles. The molecule has 0 aliphatic carbocycles. The fourth-order valence-electron chi connectivity index (χ4n) is 2.43. The summed E-state index contributed by atoms with van der Waals surface area (Å²) in [6.45, 7) is 1.88. The van der Waals surface area contributed by atoms with E-state index in [9.17, 15) is 4.79 Å². The molecule has 3 rings (SSSR count). The molecule has 2 aromatic rings. The second-order valence-corrected chi connectivity index (χ2v) is 6.63. The number of carbonyl (C=O) groups excluding carboxylic acids is 1. The number of benzene rings is 1. The highest BCUT2D eigenvalue weighted by Crippen LogP contribution is 2.38. The highest BCUT2D eigenvalue weighted by molar-refractivity contribution is 7.15. The Morgan fingerprint density at radius 1 is 1.48 bits per heavy atom. The van der Waals surface area contributed by atoms with Gasteiger partial charge in [-0.1, -0.05) is 12.1 Å². The van der Waals surface area contributed by atoms with Crippen LogP contribution in [0.1, 0.15) is 23.8 Å². The average molecular weight is 325 g/mol. The van der Waals surface area contributed by atoms with E-state index < -0.39 is 5.54 Å². The summed E-state index contributed by atoms with van der Waals surface area (Å²) in [5.41, 5.74) is 6.60. The number of nitrogens with two attached hydrogens (primary N) is 1. The third kappa shape index (κ3) is 2.69. The van der Waals surface area contributed by atoms with E-state index in [0.717, 1.165) is 15.4 Å². The normalized spacial score (nSPS) is 21.0. The summed E-state index contributed by atoms with van der Waals surface area (Å²) in [6, 6.07) is 9.39. The minimum atomic E-state index is -0.698. The van der Waals surface area contributed by atoms with Crippen molar-refractivity contribution in [2.24, 2.45) is 10.7 Å². The number of nitrogens with zero attached hydrogens (tertiary/aromatic N) is 4. The van der Waals surface area contributed by atoms with E-state index in [0.29, 0.717) is 5.56 Å².